The van der Waals surface area contributed by atoms with Crippen LogP contribution in [0.2, 0.25) is 0 Å². The van der Waals surface area contributed by atoms with Crippen LogP contribution >= 0.6 is 15.9 Å². The van der Waals surface area contributed by atoms with Gasteiger partial charge in [0.05, 0.1) is 4.47 Å². The number of aryl methyl sites for hydroxylation is 1. The van der Waals surface area contributed by atoms with Gasteiger partial charge in [-0.25, -0.2) is 4.39 Å². The van der Waals surface area contributed by atoms with Crippen molar-refractivity contribution in [3.8, 4) is 0 Å². The van der Waals surface area contributed by atoms with Crippen molar-refractivity contribution in [3.05, 3.63) is 33.5 Å². The van der Waals surface area contributed by atoms with Crippen molar-refractivity contribution in [2.45, 2.75) is 44.6 Å². The Hall–Kier alpha value is -0.410. The monoisotopic (exact) mass is 285 g/mol. The Balaban J connectivity index is 2.45. The molecule has 1 saturated carbocycles. The summed E-state index contributed by atoms with van der Waals surface area (Å²) in [5.41, 5.74) is 7.95. The van der Waals surface area contributed by atoms with Gasteiger partial charge in [-0.2, -0.15) is 0 Å². The Kier molecular flexibility index (Phi) is 3.36. The summed E-state index contributed by atoms with van der Waals surface area (Å²) in [7, 11) is 0. The van der Waals surface area contributed by atoms with E-state index in [2.05, 4.69) is 15.9 Å². The molecule has 1 nitrogen and oxygen atoms in total. The van der Waals surface area contributed by atoms with E-state index in [1.807, 2.05) is 13.0 Å². The minimum Gasteiger partial charge on any atom is -0.321 e. The fraction of sp³-hybridized carbons (Fsp3) is 0.538. The van der Waals surface area contributed by atoms with E-state index < -0.39 is 0 Å². The highest BCUT2D eigenvalue weighted by atomic mass is 79.9. The average Bonchev–Trinajstić information content (AvgIpc) is 2.24. The van der Waals surface area contributed by atoms with Gasteiger partial charge in [-0.3, -0.25) is 0 Å². The maximum atomic E-state index is 13.7. The van der Waals surface area contributed by atoms with Crippen LogP contribution in [0.1, 0.15) is 43.2 Å². The molecular formula is C13H17BrFN. The molecule has 16 heavy (non-hydrogen) atoms. The van der Waals surface area contributed by atoms with Gasteiger partial charge in [0, 0.05) is 5.54 Å². The van der Waals surface area contributed by atoms with Crippen LogP contribution in [0.5, 0.6) is 0 Å². The Morgan fingerprint density at radius 2 is 1.88 bits per heavy atom. The Labute approximate surface area is 104 Å². The molecule has 2 N–H and O–H groups in total. The zero-order chi connectivity index (χ0) is 11.8. The van der Waals surface area contributed by atoms with Crippen molar-refractivity contribution < 1.29 is 4.39 Å². The van der Waals surface area contributed by atoms with Crippen molar-refractivity contribution in [1.29, 1.82) is 0 Å². The first-order valence-corrected chi connectivity index (χ1v) is 6.57. The number of hydrogen-bond acceptors (Lipinski definition) is 1. The van der Waals surface area contributed by atoms with Crippen LogP contribution in [0.15, 0.2) is 16.6 Å². The molecule has 1 fully saturated rings. The molecule has 88 valence electrons. The van der Waals surface area contributed by atoms with Crippen LogP contribution in [0.3, 0.4) is 0 Å². The maximum absolute atomic E-state index is 13.7. The molecular weight excluding hydrogens is 269 g/mol. The highest BCUT2D eigenvalue weighted by Crippen LogP contribution is 2.39. The first-order valence-electron chi connectivity index (χ1n) is 5.78. The van der Waals surface area contributed by atoms with Gasteiger partial charge in [-0.05, 0) is 52.9 Å². The highest BCUT2D eigenvalue weighted by Gasteiger charge is 2.32. The first kappa shape index (κ1) is 12.1. The van der Waals surface area contributed by atoms with Crippen LogP contribution in [0.25, 0.3) is 0 Å². The fourth-order valence-electron chi connectivity index (χ4n) is 2.54. The largest absolute Gasteiger partial charge is 0.321 e. The standard InChI is InChI=1S/C13H17BrFN/c1-9-7-10(12(14)11(15)8-9)13(16)5-3-2-4-6-13/h7-8H,2-6,16H2,1H3. The third-order valence-electron chi connectivity index (χ3n) is 3.45. The number of benzene rings is 1. The Morgan fingerprint density at radius 1 is 1.25 bits per heavy atom. The third-order valence-corrected chi connectivity index (χ3v) is 4.26. The summed E-state index contributed by atoms with van der Waals surface area (Å²) in [6.45, 7) is 1.91. The maximum Gasteiger partial charge on any atom is 0.137 e. The predicted molar refractivity (Wildman–Crippen MR) is 67.8 cm³/mol. The Morgan fingerprint density at radius 3 is 2.50 bits per heavy atom. The summed E-state index contributed by atoms with van der Waals surface area (Å²) in [4.78, 5) is 0. The van der Waals surface area contributed by atoms with E-state index in [9.17, 15) is 4.39 Å². The quantitative estimate of drug-likeness (QED) is 0.829. The van der Waals surface area contributed by atoms with E-state index in [0.29, 0.717) is 4.47 Å². The second-order valence-electron chi connectivity index (χ2n) is 4.83. The zero-order valence-corrected chi connectivity index (χ0v) is 11.1. The second-order valence-corrected chi connectivity index (χ2v) is 5.62. The summed E-state index contributed by atoms with van der Waals surface area (Å²) in [6, 6.07) is 3.55. The predicted octanol–water partition coefficient (Wildman–Crippen LogP) is 4.01. The lowest BCUT2D eigenvalue weighted by Gasteiger charge is -2.35. The van der Waals surface area contributed by atoms with Gasteiger partial charge in [0.15, 0.2) is 0 Å². The summed E-state index contributed by atoms with van der Waals surface area (Å²) in [5, 5.41) is 0. The Bertz CT molecular complexity index is 397. The third kappa shape index (κ3) is 2.16. The summed E-state index contributed by atoms with van der Waals surface area (Å²) in [5.74, 6) is -0.203. The second kappa shape index (κ2) is 4.46. The van der Waals surface area contributed by atoms with E-state index in [0.717, 1.165) is 36.8 Å². The van der Waals surface area contributed by atoms with Crippen molar-refractivity contribution >= 4 is 15.9 Å². The molecule has 0 unspecified atom stereocenters. The van der Waals surface area contributed by atoms with Crippen LogP contribution in [0.4, 0.5) is 4.39 Å². The van der Waals surface area contributed by atoms with Crippen molar-refractivity contribution in [2.24, 2.45) is 5.73 Å². The molecule has 1 aliphatic carbocycles. The first-order chi connectivity index (χ1) is 7.53. The van der Waals surface area contributed by atoms with Crippen molar-refractivity contribution in [2.75, 3.05) is 0 Å². The normalized spacial score (nSPS) is 19.8. The van der Waals surface area contributed by atoms with E-state index in [1.165, 1.54) is 6.42 Å². The van der Waals surface area contributed by atoms with Crippen molar-refractivity contribution in [3.63, 3.8) is 0 Å². The summed E-state index contributed by atoms with van der Waals surface area (Å²) in [6.07, 6.45) is 5.42. The molecule has 0 amide bonds. The van der Waals surface area contributed by atoms with E-state index >= 15 is 0 Å². The van der Waals surface area contributed by atoms with Crippen LogP contribution in [0, 0.1) is 12.7 Å². The summed E-state index contributed by atoms with van der Waals surface area (Å²) < 4.78 is 14.2. The average molecular weight is 286 g/mol. The fourth-order valence-corrected chi connectivity index (χ4v) is 3.16. The molecule has 0 bridgehead atoms. The minimum absolute atomic E-state index is 0.203. The van der Waals surface area contributed by atoms with Crippen LogP contribution < -0.4 is 5.73 Å². The molecule has 0 atom stereocenters. The molecule has 1 aliphatic rings. The SMILES string of the molecule is Cc1cc(F)c(Br)c(C2(N)CCCCC2)c1. The number of rotatable bonds is 1. The number of halogens is 2. The van der Waals surface area contributed by atoms with Gasteiger partial charge in [0.1, 0.15) is 5.82 Å². The molecule has 0 aromatic heterocycles. The topological polar surface area (TPSA) is 26.0 Å². The molecule has 1 aromatic rings. The van der Waals surface area contributed by atoms with E-state index in [1.54, 1.807) is 6.07 Å². The molecule has 1 aromatic carbocycles. The highest BCUT2D eigenvalue weighted by molar-refractivity contribution is 9.10. The lowest BCUT2D eigenvalue weighted by Crippen LogP contribution is -2.39. The molecule has 0 spiro atoms. The van der Waals surface area contributed by atoms with E-state index in [4.69, 9.17) is 5.73 Å². The van der Waals surface area contributed by atoms with Crippen LogP contribution in [-0.2, 0) is 5.54 Å². The minimum atomic E-state index is -0.343. The zero-order valence-electron chi connectivity index (χ0n) is 9.52. The molecule has 0 aliphatic heterocycles. The summed E-state index contributed by atoms with van der Waals surface area (Å²) >= 11 is 3.33. The number of nitrogens with two attached hydrogens (primary N) is 1. The van der Waals surface area contributed by atoms with Gasteiger partial charge >= 0.3 is 0 Å². The molecule has 3 heteroatoms. The lowest BCUT2D eigenvalue weighted by atomic mass is 9.77. The van der Waals surface area contributed by atoms with E-state index in [-0.39, 0.29) is 11.4 Å². The van der Waals surface area contributed by atoms with Crippen LogP contribution in [-0.4, -0.2) is 0 Å². The van der Waals surface area contributed by atoms with Gasteiger partial charge < -0.3 is 5.73 Å². The van der Waals surface area contributed by atoms with Gasteiger partial charge in [-0.15, -0.1) is 0 Å². The smallest absolute Gasteiger partial charge is 0.137 e. The van der Waals surface area contributed by atoms with Gasteiger partial charge in [0.2, 0.25) is 0 Å². The molecule has 0 radical (unpaired) electrons. The number of hydrogen-bond donors (Lipinski definition) is 1. The van der Waals surface area contributed by atoms with Gasteiger partial charge in [0.25, 0.3) is 0 Å². The molecule has 0 heterocycles. The van der Waals surface area contributed by atoms with Gasteiger partial charge in [-0.1, -0.05) is 25.3 Å². The molecule has 2 rings (SSSR count). The van der Waals surface area contributed by atoms with Crippen molar-refractivity contribution in [1.82, 2.24) is 0 Å². The molecule has 0 saturated heterocycles. The lowest BCUT2D eigenvalue weighted by molar-refractivity contribution is 0.300.